The highest BCUT2D eigenvalue weighted by atomic mass is 16.4. The summed E-state index contributed by atoms with van der Waals surface area (Å²) in [5.74, 6) is -0.198. The molecule has 1 unspecified atom stereocenters. The Morgan fingerprint density at radius 1 is 0.958 bits per heavy atom. The first-order valence-electron chi connectivity index (χ1n) is 7.93. The van der Waals surface area contributed by atoms with Crippen LogP contribution >= 0.6 is 0 Å². The molecule has 2 rings (SSSR count). The van der Waals surface area contributed by atoms with E-state index in [4.69, 9.17) is 0 Å². The van der Waals surface area contributed by atoms with Crippen LogP contribution in [0.3, 0.4) is 0 Å². The van der Waals surface area contributed by atoms with Crippen molar-refractivity contribution < 1.29 is 14.7 Å². The van der Waals surface area contributed by atoms with Gasteiger partial charge in [-0.25, -0.2) is 0 Å². The van der Waals surface area contributed by atoms with Gasteiger partial charge in [-0.15, -0.1) is 0 Å². The average molecular weight is 325 g/mol. The van der Waals surface area contributed by atoms with Gasteiger partial charge in [0.15, 0.2) is 0 Å². The van der Waals surface area contributed by atoms with Crippen LogP contribution in [-0.4, -0.2) is 24.6 Å². The molecule has 2 amide bonds. The van der Waals surface area contributed by atoms with E-state index in [1.54, 1.807) is 0 Å². The maximum Gasteiger partial charge on any atom is 0.242 e. The molecule has 5 heteroatoms. The maximum atomic E-state index is 11.9. The van der Waals surface area contributed by atoms with Crippen LogP contribution in [0.1, 0.15) is 30.4 Å². The summed E-state index contributed by atoms with van der Waals surface area (Å²) in [5, 5.41) is 15.3. The molecule has 1 atom stereocenters. The third-order valence-corrected chi connectivity index (χ3v) is 3.86. The van der Waals surface area contributed by atoms with Crippen molar-refractivity contribution in [1.82, 2.24) is 10.6 Å². The lowest BCUT2D eigenvalue weighted by Gasteiger charge is -2.20. The van der Waals surface area contributed by atoms with E-state index in [0.29, 0.717) is 6.54 Å². The number of carbonyl (C=O) groups excluding carboxylic acids is 2. The second-order valence-electron chi connectivity index (χ2n) is 5.61. The molecule has 126 valence electrons. The van der Waals surface area contributed by atoms with Crippen molar-refractivity contribution in [3.63, 3.8) is 0 Å². The quantitative estimate of drug-likeness (QED) is 0.812. The highest BCUT2D eigenvalue weighted by Crippen LogP contribution is 2.27. The third-order valence-electron chi connectivity index (χ3n) is 3.86. The van der Waals surface area contributed by atoms with Crippen LogP contribution in [0, 0.1) is 0 Å². The molecule has 0 saturated heterocycles. The van der Waals surface area contributed by atoms with Crippen molar-refractivity contribution in [2.75, 3.05) is 6.54 Å². The van der Waals surface area contributed by atoms with Crippen LogP contribution < -0.4 is 15.7 Å². The standard InChI is InChI=1S/C19H22N2O3/c1-14(21-19(23)24)18(22)20-13-12-17(15-8-4-2-5-9-15)16-10-6-3-7-11-16/h2-11,14,17,21H,12-13H2,1H3,(H,20,22)(H,23,24)/p-1. The fraction of sp³-hybridized carbons (Fsp3) is 0.263. The van der Waals surface area contributed by atoms with E-state index in [-0.39, 0.29) is 11.8 Å². The molecule has 0 radical (unpaired) electrons. The Bertz CT molecular complexity index is 619. The third kappa shape index (κ3) is 5.12. The van der Waals surface area contributed by atoms with E-state index in [9.17, 15) is 14.7 Å². The van der Waals surface area contributed by atoms with E-state index < -0.39 is 12.1 Å². The lowest BCUT2D eigenvalue weighted by Crippen LogP contribution is -2.49. The number of benzene rings is 2. The van der Waals surface area contributed by atoms with E-state index in [0.717, 1.165) is 6.42 Å². The van der Waals surface area contributed by atoms with Gasteiger partial charge in [0, 0.05) is 12.5 Å². The number of hydrogen-bond donors (Lipinski definition) is 2. The van der Waals surface area contributed by atoms with Crippen LogP contribution in [0.4, 0.5) is 4.79 Å². The Hall–Kier alpha value is -2.82. The van der Waals surface area contributed by atoms with Crippen LogP contribution in [0.15, 0.2) is 60.7 Å². The SMILES string of the molecule is CC(NC(=O)[O-])C(=O)NCCC(c1ccccc1)c1ccccc1. The van der Waals surface area contributed by atoms with E-state index in [1.807, 2.05) is 41.7 Å². The highest BCUT2D eigenvalue weighted by Gasteiger charge is 2.16. The number of amides is 2. The zero-order valence-corrected chi connectivity index (χ0v) is 13.6. The zero-order valence-electron chi connectivity index (χ0n) is 13.6. The fourth-order valence-corrected chi connectivity index (χ4v) is 2.63. The van der Waals surface area contributed by atoms with Gasteiger partial charge in [0.1, 0.15) is 12.1 Å². The molecular weight excluding hydrogens is 304 g/mol. The molecule has 0 fully saturated rings. The van der Waals surface area contributed by atoms with Gasteiger partial charge in [0.25, 0.3) is 0 Å². The van der Waals surface area contributed by atoms with Gasteiger partial charge in [0.2, 0.25) is 5.91 Å². The van der Waals surface area contributed by atoms with Gasteiger partial charge in [-0.1, -0.05) is 60.7 Å². The lowest BCUT2D eigenvalue weighted by molar-refractivity contribution is -0.251. The first kappa shape index (κ1) is 17.5. The molecule has 0 aliphatic heterocycles. The van der Waals surface area contributed by atoms with Crippen LogP contribution in [0.2, 0.25) is 0 Å². The molecule has 0 aliphatic carbocycles. The van der Waals surface area contributed by atoms with Crippen LogP contribution in [0.25, 0.3) is 0 Å². The number of carbonyl (C=O) groups is 2. The van der Waals surface area contributed by atoms with Gasteiger partial charge in [-0.05, 0) is 24.5 Å². The Morgan fingerprint density at radius 2 is 1.46 bits per heavy atom. The second-order valence-corrected chi connectivity index (χ2v) is 5.61. The summed E-state index contributed by atoms with van der Waals surface area (Å²) in [6.45, 7) is 1.93. The molecule has 0 spiro atoms. The van der Waals surface area contributed by atoms with Crippen LogP contribution in [-0.2, 0) is 4.79 Å². The Balaban J connectivity index is 2.00. The average Bonchev–Trinajstić information content (AvgIpc) is 2.59. The second kappa shape index (κ2) is 8.72. The Kier molecular flexibility index (Phi) is 6.37. The largest absolute Gasteiger partial charge is 0.530 e. The molecule has 0 saturated carbocycles. The van der Waals surface area contributed by atoms with Crippen molar-refractivity contribution in [2.24, 2.45) is 0 Å². The van der Waals surface area contributed by atoms with E-state index in [2.05, 4.69) is 29.6 Å². The van der Waals surface area contributed by atoms with Gasteiger partial charge >= 0.3 is 0 Å². The first-order valence-corrected chi connectivity index (χ1v) is 7.93. The minimum absolute atomic E-state index is 0.164. The van der Waals surface area contributed by atoms with Gasteiger partial charge in [0.05, 0.1) is 0 Å². The number of carboxylic acid groups (broad SMARTS) is 1. The van der Waals surface area contributed by atoms with Crippen molar-refractivity contribution in [3.8, 4) is 0 Å². The minimum atomic E-state index is -1.45. The fourth-order valence-electron chi connectivity index (χ4n) is 2.63. The summed E-state index contributed by atoms with van der Waals surface area (Å²) >= 11 is 0. The Morgan fingerprint density at radius 3 is 1.92 bits per heavy atom. The van der Waals surface area contributed by atoms with Crippen molar-refractivity contribution in [2.45, 2.75) is 25.3 Å². The molecule has 2 N–H and O–H groups in total. The molecule has 2 aromatic rings. The maximum absolute atomic E-state index is 11.9. The molecule has 0 heterocycles. The van der Waals surface area contributed by atoms with Crippen molar-refractivity contribution in [1.29, 1.82) is 0 Å². The molecule has 2 aromatic carbocycles. The zero-order chi connectivity index (χ0) is 17.4. The van der Waals surface area contributed by atoms with E-state index in [1.165, 1.54) is 18.1 Å². The predicted molar refractivity (Wildman–Crippen MR) is 90.3 cm³/mol. The van der Waals surface area contributed by atoms with Crippen LogP contribution in [0.5, 0.6) is 0 Å². The molecule has 24 heavy (non-hydrogen) atoms. The summed E-state index contributed by atoms with van der Waals surface area (Å²) < 4.78 is 0. The van der Waals surface area contributed by atoms with Crippen molar-refractivity contribution >= 4 is 12.0 Å². The van der Waals surface area contributed by atoms with E-state index >= 15 is 0 Å². The lowest BCUT2D eigenvalue weighted by atomic mass is 9.88. The monoisotopic (exact) mass is 325 g/mol. The minimum Gasteiger partial charge on any atom is -0.530 e. The Labute approximate surface area is 141 Å². The molecule has 0 aliphatic rings. The number of hydrogen-bond acceptors (Lipinski definition) is 3. The smallest absolute Gasteiger partial charge is 0.242 e. The van der Waals surface area contributed by atoms with Gasteiger partial charge in [-0.2, -0.15) is 0 Å². The summed E-state index contributed by atoms with van der Waals surface area (Å²) in [6.07, 6.45) is -0.734. The number of rotatable bonds is 7. The van der Waals surface area contributed by atoms with Gasteiger partial charge in [-0.3, -0.25) is 4.79 Å². The topological polar surface area (TPSA) is 81.3 Å². The van der Waals surface area contributed by atoms with Crippen molar-refractivity contribution in [3.05, 3.63) is 71.8 Å². The summed E-state index contributed by atoms with van der Waals surface area (Å²) in [5.41, 5.74) is 2.36. The summed E-state index contributed by atoms with van der Waals surface area (Å²) in [7, 11) is 0. The molecular formula is C19H21N2O3-. The summed E-state index contributed by atoms with van der Waals surface area (Å²) in [6, 6.07) is 19.4. The summed E-state index contributed by atoms with van der Waals surface area (Å²) in [4.78, 5) is 22.3. The normalized spacial score (nSPS) is 11.8. The highest BCUT2D eigenvalue weighted by molar-refractivity contribution is 5.84. The van der Waals surface area contributed by atoms with Gasteiger partial charge < -0.3 is 20.5 Å². The predicted octanol–water partition coefficient (Wildman–Crippen LogP) is 1.65. The molecule has 0 bridgehead atoms. The molecule has 5 nitrogen and oxygen atoms in total. The molecule has 0 aromatic heterocycles. The first-order chi connectivity index (χ1) is 11.6. The number of nitrogens with one attached hydrogen (secondary N) is 2.